The zero-order valence-electron chi connectivity index (χ0n) is 28.0. The van der Waals surface area contributed by atoms with Crippen LogP contribution in [0.5, 0.6) is 0 Å². The van der Waals surface area contributed by atoms with Crippen molar-refractivity contribution in [3.05, 3.63) is 88.6 Å². The maximum atomic E-state index is 3.69. The molecule has 0 saturated heterocycles. The summed E-state index contributed by atoms with van der Waals surface area (Å²) in [5.74, 6) is 0. The molecule has 0 atom stereocenters. The van der Waals surface area contributed by atoms with Gasteiger partial charge in [-0.2, -0.15) is 0 Å². The fourth-order valence-electron chi connectivity index (χ4n) is 1.96. The lowest BCUT2D eigenvalue weighted by Crippen LogP contribution is -1.76. The molecule has 0 aromatic rings. The second-order valence-corrected chi connectivity index (χ2v) is 8.53. The quantitative estimate of drug-likeness (QED) is 0.129. The first-order valence-electron chi connectivity index (χ1n) is 15.6. The molecule has 0 unspecified atom stereocenters. The van der Waals surface area contributed by atoms with E-state index < -0.39 is 0 Å². The van der Waals surface area contributed by atoms with Gasteiger partial charge in [-0.3, -0.25) is 0 Å². The van der Waals surface area contributed by atoms with Gasteiger partial charge in [0.15, 0.2) is 0 Å². The van der Waals surface area contributed by atoms with Crippen molar-refractivity contribution in [3.8, 4) is 0 Å². The third-order valence-corrected chi connectivity index (χ3v) is 4.43. The molecule has 0 aliphatic carbocycles. The highest BCUT2D eigenvalue weighted by Crippen LogP contribution is 2.06. The Labute approximate surface area is 245 Å². The van der Waals surface area contributed by atoms with Crippen molar-refractivity contribution in [2.45, 2.75) is 158 Å². The number of allylic oxidation sites excluding steroid dienone is 7. The van der Waals surface area contributed by atoms with Crippen LogP contribution in [0.15, 0.2) is 88.6 Å². The number of hydrogen-bond acceptors (Lipinski definition) is 0. The molecule has 0 radical (unpaired) electrons. The molecule has 0 amide bonds. The molecule has 0 aliphatic rings. The van der Waals surface area contributed by atoms with Crippen molar-refractivity contribution in [2.24, 2.45) is 0 Å². The summed E-state index contributed by atoms with van der Waals surface area (Å²) < 4.78 is 0. The van der Waals surface area contributed by atoms with E-state index in [1.807, 2.05) is 43.4 Å². The topological polar surface area (TPSA) is 0 Å². The summed E-state index contributed by atoms with van der Waals surface area (Å²) >= 11 is 0. The largest absolute Gasteiger partial charge is 0.103 e. The molecule has 0 bridgehead atoms. The van der Waals surface area contributed by atoms with E-state index in [2.05, 4.69) is 87.6 Å². The second kappa shape index (κ2) is 83.5. The van der Waals surface area contributed by atoms with Gasteiger partial charge in [0.25, 0.3) is 0 Å². The monoisotopic (exact) mass is 533 g/mol. The maximum Gasteiger partial charge on any atom is -0.0353 e. The summed E-state index contributed by atoms with van der Waals surface area (Å²) in [4.78, 5) is 0. The Balaban J connectivity index is -0.0000000625. The zero-order chi connectivity index (χ0) is 31.0. The summed E-state index contributed by atoms with van der Waals surface area (Å²) in [6.45, 7) is 39.3. The van der Waals surface area contributed by atoms with E-state index >= 15 is 0 Å². The van der Waals surface area contributed by atoms with Crippen LogP contribution in [0.1, 0.15) is 158 Å². The predicted octanol–water partition coefficient (Wildman–Crippen LogP) is 15.0. The fraction of sp³-hybridized carbons (Fsp3) is 0.632. The van der Waals surface area contributed by atoms with Crippen LogP contribution < -0.4 is 0 Å². The Hall–Kier alpha value is -1.82. The lowest BCUT2D eigenvalue weighted by Gasteiger charge is -1.96. The van der Waals surface area contributed by atoms with Gasteiger partial charge >= 0.3 is 0 Å². The summed E-state index contributed by atoms with van der Waals surface area (Å²) in [6, 6.07) is 0. The Kier molecular flexibility index (Phi) is 116. The third kappa shape index (κ3) is 163. The number of hydrogen-bond donors (Lipinski definition) is 0. The predicted molar refractivity (Wildman–Crippen MR) is 190 cm³/mol. The smallest absolute Gasteiger partial charge is 0.0353 e. The highest BCUT2D eigenvalue weighted by molar-refractivity contribution is 4.66. The molecule has 0 saturated carbocycles. The molecule has 0 nitrogen and oxygen atoms in total. The van der Waals surface area contributed by atoms with E-state index in [0.29, 0.717) is 0 Å². The maximum absolute atomic E-state index is 3.69. The first-order valence-corrected chi connectivity index (χ1v) is 15.6. The molecule has 0 aliphatic heterocycles. The average molecular weight is 533 g/mol. The highest BCUT2D eigenvalue weighted by atomic mass is 13.9. The van der Waals surface area contributed by atoms with Crippen molar-refractivity contribution < 1.29 is 0 Å². The van der Waals surface area contributed by atoms with Crippen LogP contribution in [-0.2, 0) is 0 Å². The normalized spacial score (nSPS) is 7.76. The fourth-order valence-corrected chi connectivity index (χ4v) is 1.96. The standard InChI is InChI=1S/C10H20.C9H18.4C4H8.C3H6/c1-3-5-7-9-10-8-6-4-2;1-3-5-7-9-8-6-4-2;4*1-3-4-2;1-3-2/h3H,1,4-10H2,2H3;3H,1,4-9H2,2H3;4*3H,1,4H2,2H3;3H,1H2,2H3. The molecule has 0 heteroatoms. The van der Waals surface area contributed by atoms with Crippen LogP contribution in [0.3, 0.4) is 0 Å². The first-order chi connectivity index (χ1) is 18.4. The Morgan fingerprint density at radius 1 is 0.342 bits per heavy atom. The van der Waals surface area contributed by atoms with E-state index in [1.54, 1.807) is 6.08 Å². The molecule has 0 aromatic carbocycles. The minimum absolute atomic E-state index is 1.08. The highest BCUT2D eigenvalue weighted by Gasteiger charge is 1.86. The Bertz CT molecular complexity index is 353. The van der Waals surface area contributed by atoms with Crippen LogP contribution in [0.2, 0.25) is 0 Å². The van der Waals surface area contributed by atoms with Crippen LogP contribution in [0, 0.1) is 0 Å². The van der Waals surface area contributed by atoms with Gasteiger partial charge in [-0.15, -0.1) is 46.1 Å². The Morgan fingerprint density at radius 3 is 0.684 bits per heavy atom. The molecular weight excluding hydrogens is 456 g/mol. The van der Waals surface area contributed by atoms with Gasteiger partial charge in [0.1, 0.15) is 0 Å². The lowest BCUT2D eigenvalue weighted by molar-refractivity contribution is 0.611. The molecule has 0 aromatic heterocycles. The SMILES string of the molecule is C=CC.C=CCC.C=CCC.C=CCC.C=CCC.C=CCCCCCCC.C=CCCCCCCCC. The summed E-state index contributed by atoms with van der Waals surface area (Å²) in [7, 11) is 0. The molecule has 0 spiro atoms. The first kappa shape index (κ1) is 52.6. The van der Waals surface area contributed by atoms with Crippen LogP contribution >= 0.6 is 0 Å². The van der Waals surface area contributed by atoms with Gasteiger partial charge < -0.3 is 0 Å². The van der Waals surface area contributed by atoms with Gasteiger partial charge in [0.05, 0.1) is 0 Å². The van der Waals surface area contributed by atoms with Gasteiger partial charge in [-0.05, 0) is 58.3 Å². The van der Waals surface area contributed by atoms with Gasteiger partial charge in [0, 0.05) is 0 Å². The molecular formula is C38H76. The third-order valence-electron chi connectivity index (χ3n) is 4.43. The van der Waals surface area contributed by atoms with E-state index in [1.165, 1.54) is 83.5 Å². The summed E-state index contributed by atoms with van der Waals surface area (Å²) in [6.07, 6.45) is 35.2. The molecule has 0 fully saturated rings. The number of rotatable bonds is 17. The van der Waals surface area contributed by atoms with Crippen molar-refractivity contribution in [2.75, 3.05) is 0 Å². The Morgan fingerprint density at radius 2 is 0.526 bits per heavy atom. The second-order valence-electron chi connectivity index (χ2n) is 8.53. The minimum Gasteiger partial charge on any atom is -0.103 e. The van der Waals surface area contributed by atoms with Gasteiger partial charge in [-0.1, -0.05) is 142 Å². The van der Waals surface area contributed by atoms with E-state index in [4.69, 9.17) is 0 Å². The van der Waals surface area contributed by atoms with Crippen molar-refractivity contribution in [1.29, 1.82) is 0 Å². The van der Waals surface area contributed by atoms with Crippen LogP contribution in [-0.4, -0.2) is 0 Å². The van der Waals surface area contributed by atoms with Crippen LogP contribution in [0.4, 0.5) is 0 Å². The zero-order valence-corrected chi connectivity index (χ0v) is 28.0. The van der Waals surface area contributed by atoms with Crippen molar-refractivity contribution in [1.82, 2.24) is 0 Å². The lowest BCUT2D eigenvalue weighted by atomic mass is 10.1. The van der Waals surface area contributed by atoms with E-state index in [9.17, 15) is 0 Å². The van der Waals surface area contributed by atoms with Crippen LogP contribution in [0.25, 0.3) is 0 Å². The number of unbranched alkanes of at least 4 members (excludes halogenated alkanes) is 11. The molecule has 38 heavy (non-hydrogen) atoms. The molecule has 0 rings (SSSR count). The molecule has 0 N–H and O–H groups in total. The van der Waals surface area contributed by atoms with Crippen molar-refractivity contribution >= 4 is 0 Å². The average Bonchev–Trinajstić information content (AvgIpc) is 2.96. The minimum atomic E-state index is 1.08. The van der Waals surface area contributed by atoms with Gasteiger partial charge in [-0.25, -0.2) is 0 Å². The van der Waals surface area contributed by atoms with Gasteiger partial charge in [0.2, 0.25) is 0 Å². The van der Waals surface area contributed by atoms with Crippen molar-refractivity contribution in [3.63, 3.8) is 0 Å². The summed E-state index contributed by atoms with van der Waals surface area (Å²) in [5, 5.41) is 0. The molecule has 228 valence electrons. The molecule has 0 heterocycles. The van der Waals surface area contributed by atoms with E-state index in [-0.39, 0.29) is 0 Å². The van der Waals surface area contributed by atoms with E-state index in [0.717, 1.165) is 25.7 Å². The summed E-state index contributed by atoms with van der Waals surface area (Å²) in [5.41, 5.74) is 0.